The molecule has 160 valence electrons. The van der Waals surface area contributed by atoms with Crippen LogP contribution in [0.1, 0.15) is 33.0 Å². The molecule has 7 heteroatoms. The number of ketones is 1. The van der Waals surface area contributed by atoms with Crippen LogP contribution < -0.4 is 15.6 Å². The summed E-state index contributed by atoms with van der Waals surface area (Å²) in [4.78, 5) is 38.3. The lowest BCUT2D eigenvalue weighted by molar-refractivity contribution is -0.130. The Bertz CT molecular complexity index is 1080. The molecular formula is C24H24N2O4S. The van der Waals surface area contributed by atoms with Gasteiger partial charge in [0.25, 0.3) is 5.91 Å². The smallest absolute Gasteiger partial charge is 0.276 e. The molecule has 0 fully saturated rings. The third kappa shape index (κ3) is 6.26. The van der Waals surface area contributed by atoms with Gasteiger partial charge in [-0.1, -0.05) is 48.5 Å². The molecule has 0 saturated carbocycles. The van der Waals surface area contributed by atoms with Crippen LogP contribution in [0.2, 0.25) is 0 Å². The topological polar surface area (TPSA) is 84.5 Å². The van der Waals surface area contributed by atoms with Crippen LogP contribution in [0.4, 0.5) is 0 Å². The molecule has 0 aliphatic carbocycles. The Balaban J connectivity index is 1.44. The number of hydrogen-bond acceptors (Lipinski definition) is 5. The first kappa shape index (κ1) is 22.2. The van der Waals surface area contributed by atoms with E-state index in [-0.39, 0.29) is 25.2 Å². The van der Waals surface area contributed by atoms with E-state index in [2.05, 4.69) is 10.9 Å². The van der Waals surface area contributed by atoms with Gasteiger partial charge in [-0.05, 0) is 31.5 Å². The molecule has 1 heterocycles. The average Bonchev–Trinajstić information content (AvgIpc) is 3.13. The molecule has 3 aromatic rings. The van der Waals surface area contributed by atoms with Crippen molar-refractivity contribution in [1.29, 1.82) is 0 Å². The van der Waals surface area contributed by atoms with Crippen molar-refractivity contribution in [3.05, 3.63) is 76.0 Å². The van der Waals surface area contributed by atoms with Gasteiger partial charge in [0.15, 0.2) is 12.4 Å². The lowest BCUT2D eigenvalue weighted by Crippen LogP contribution is -2.43. The molecule has 1 aromatic heterocycles. The second-order valence-electron chi connectivity index (χ2n) is 7.00. The van der Waals surface area contributed by atoms with E-state index < -0.39 is 11.8 Å². The summed E-state index contributed by atoms with van der Waals surface area (Å²) in [5.74, 6) is -0.436. The predicted octanol–water partition coefficient (Wildman–Crippen LogP) is 4.22. The highest BCUT2D eigenvalue weighted by Crippen LogP contribution is 2.29. The quantitative estimate of drug-likeness (QED) is 0.409. The van der Waals surface area contributed by atoms with Crippen molar-refractivity contribution in [2.45, 2.75) is 26.7 Å². The summed E-state index contributed by atoms with van der Waals surface area (Å²) in [5.41, 5.74) is 7.15. The Labute approximate surface area is 185 Å². The summed E-state index contributed by atoms with van der Waals surface area (Å²) in [6, 6.07) is 19.0. The first-order valence-electron chi connectivity index (χ1n) is 9.89. The molecular weight excluding hydrogens is 412 g/mol. The number of Topliss-reactive ketones (excluding diaryl/α,β-unsaturated/α-hetero) is 1. The summed E-state index contributed by atoms with van der Waals surface area (Å²) in [5, 5.41) is 0. The van der Waals surface area contributed by atoms with Gasteiger partial charge in [0.1, 0.15) is 5.75 Å². The van der Waals surface area contributed by atoms with Crippen molar-refractivity contribution in [2.75, 3.05) is 6.61 Å². The Morgan fingerprint density at radius 3 is 2.26 bits per heavy atom. The molecule has 0 aliphatic rings. The van der Waals surface area contributed by atoms with Gasteiger partial charge in [-0.3, -0.25) is 25.2 Å². The molecule has 0 unspecified atom stereocenters. The van der Waals surface area contributed by atoms with E-state index in [1.54, 1.807) is 17.4 Å². The molecule has 6 nitrogen and oxygen atoms in total. The van der Waals surface area contributed by atoms with Crippen molar-refractivity contribution in [3.8, 4) is 16.9 Å². The summed E-state index contributed by atoms with van der Waals surface area (Å²) < 4.78 is 5.64. The minimum Gasteiger partial charge on any atom is -0.483 e. The predicted molar refractivity (Wildman–Crippen MR) is 121 cm³/mol. The lowest BCUT2D eigenvalue weighted by Gasteiger charge is -2.12. The summed E-state index contributed by atoms with van der Waals surface area (Å²) in [7, 11) is 0. The van der Waals surface area contributed by atoms with Crippen molar-refractivity contribution >= 4 is 28.9 Å². The summed E-state index contributed by atoms with van der Waals surface area (Å²) in [6.45, 7) is 3.58. The Morgan fingerprint density at radius 2 is 1.55 bits per heavy atom. The van der Waals surface area contributed by atoms with Crippen molar-refractivity contribution in [2.24, 2.45) is 0 Å². The zero-order valence-electron chi connectivity index (χ0n) is 17.4. The van der Waals surface area contributed by atoms with Gasteiger partial charge in [0.05, 0.1) is 0 Å². The maximum atomic E-state index is 12.2. The Hall–Kier alpha value is -3.45. The number of aryl methyl sites for hydroxylation is 2. The monoisotopic (exact) mass is 436 g/mol. The van der Waals surface area contributed by atoms with E-state index >= 15 is 0 Å². The van der Waals surface area contributed by atoms with Crippen LogP contribution in [0.3, 0.4) is 0 Å². The minimum atomic E-state index is -0.494. The van der Waals surface area contributed by atoms with Crippen LogP contribution in [0, 0.1) is 13.8 Å². The zero-order chi connectivity index (χ0) is 22.2. The number of rotatable bonds is 8. The highest BCUT2D eigenvalue weighted by molar-refractivity contribution is 7.12. The summed E-state index contributed by atoms with van der Waals surface area (Å²) >= 11 is 1.56. The minimum absolute atomic E-state index is 0.00878. The fourth-order valence-corrected chi connectivity index (χ4v) is 4.04. The third-order valence-corrected chi connectivity index (χ3v) is 5.56. The van der Waals surface area contributed by atoms with Gasteiger partial charge in [-0.15, -0.1) is 11.3 Å². The Morgan fingerprint density at radius 1 is 0.871 bits per heavy atom. The fourth-order valence-electron chi connectivity index (χ4n) is 3.10. The maximum absolute atomic E-state index is 12.2. The normalized spacial score (nSPS) is 10.4. The largest absolute Gasteiger partial charge is 0.483 e. The number of benzene rings is 2. The number of hydrogen-bond donors (Lipinski definition) is 2. The molecule has 2 aromatic carbocycles. The molecule has 0 aliphatic heterocycles. The van der Waals surface area contributed by atoms with Crippen molar-refractivity contribution in [1.82, 2.24) is 10.9 Å². The molecule has 0 saturated heterocycles. The van der Waals surface area contributed by atoms with Crippen LogP contribution in [0.25, 0.3) is 11.1 Å². The molecule has 31 heavy (non-hydrogen) atoms. The third-order valence-electron chi connectivity index (χ3n) is 4.59. The number of ether oxygens (including phenoxy) is 1. The first-order chi connectivity index (χ1) is 14.9. The van der Waals surface area contributed by atoms with Crippen molar-refractivity contribution in [3.63, 3.8) is 0 Å². The van der Waals surface area contributed by atoms with Gasteiger partial charge in [0.2, 0.25) is 5.91 Å². The summed E-state index contributed by atoms with van der Waals surface area (Å²) in [6.07, 6.45) is 0.0742. The maximum Gasteiger partial charge on any atom is 0.276 e. The van der Waals surface area contributed by atoms with Gasteiger partial charge < -0.3 is 4.74 Å². The van der Waals surface area contributed by atoms with Gasteiger partial charge >= 0.3 is 0 Å². The number of hydrazine groups is 1. The van der Waals surface area contributed by atoms with E-state index in [1.165, 1.54) is 0 Å². The number of amides is 2. The first-order valence-corrected chi connectivity index (χ1v) is 10.7. The number of para-hydroxylation sites is 1. The molecule has 0 radical (unpaired) electrons. The van der Waals surface area contributed by atoms with Gasteiger partial charge in [0, 0.05) is 33.7 Å². The van der Waals surface area contributed by atoms with Crippen molar-refractivity contribution < 1.29 is 19.1 Å². The fraction of sp³-hybridized carbons (Fsp3) is 0.208. The highest BCUT2D eigenvalue weighted by Gasteiger charge is 2.14. The average molecular weight is 437 g/mol. The zero-order valence-corrected chi connectivity index (χ0v) is 18.3. The highest BCUT2D eigenvalue weighted by atomic mass is 32.1. The van der Waals surface area contributed by atoms with E-state index in [4.69, 9.17) is 4.74 Å². The molecule has 0 bridgehead atoms. The second-order valence-corrected chi connectivity index (χ2v) is 8.46. The standard InChI is InChI=1S/C24H24N2O4S/c1-16-14-20(17(2)31-16)21(27)12-13-23(28)25-26-24(29)15-30-22-11-7-6-10-19(22)18-8-4-3-5-9-18/h3-11,14H,12-13,15H2,1-2H3,(H,25,28)(H,26,29). The van der Waals surface area contributed by atoms with Crippen LogP contribution in [-0.4, -0.2) is 24.2 Å². The van der Waals surface area contributed by atoms with E-state index in [0.717, 1.165) is 20.9 Å². The van der Waals surface area contributed by atoms with Gasteiger partial charge in [-0.25, -0.2) is 0 Å². The number of carbonyl (C=O) groups excluding carboxylic acids is 3. The second kappa shape index (κ2) is 10.5. The SMILES string of the molecule is Cc1cc(C(=O)CCC(=O)NNC(=O)COc2ccccc2-c2ccccc2)c(C)s1. The number of carbonyl (C=O) groups is 3. The molecule has 0 spiro atoms. The molecule has 3 rings (SSSR count). The molecule has 2 N–H and O–H groups in total. The number of thiophene rings is 1. The van der Waals surface area contributed by atoms with Crippen LogP contribution in [-0.2, 0) is 9.59 Å². The van der Waals surface area contributed by atoms with E-state index in [0.29, 0.717) is 11.3 Å². The molecule has 2 amide bonds. The van der Waals surface area contributed by atoms with Crippen LogP contribution in [0.5, 0.6) is 5.75 Å². The van der Waals surface area contributed by atoms with Crippen LogP contribution in [0.15, 0.2) is 60.7 Å². The van der Waals surface area contributed by atoms with E-state index in [1.807, 2.05) is 68.4 Å². The molecule has 0 atom stereocenters. The van der Waals surface area contributed by atoms with Crippen LogP contribution >= 0.6 is 11.3 Å². The van der Waals surface area contributed by atoms with Gasteiger partial charge in [-0.2, -0.15) is 0 Å². The Kier molecular flexibility index (Phi) is 7.56. The van der Waals surface area contributed by atoms with E-state index in [9.17, 15) is 14.4 Å². The lowest BCUT2D eigenvalue weighted by atomic mass is 10.1. The number of nitrogens with one attached hydrogen (secondary N) is 2.